The minimum atomic E-state index is -0.926. The summed E-state index contributed by atoms with van der Waals surface area (Å²) in [7, 11) is 0. The van der Waals surface area contributed by atoms with Gasteiger partial charge >= 0.3 is 0 Å². The fourth-order valence-electron chi connectivity index (χ4n) is 2.40. The molecule has 0 aromatic heterocycles. The van der Waals surface area contributed by atoms with E-state index in [1.807, 2.05) is 30.3 Å². The molecule has 0 aliphatic carbocycles. The smallest absolute Gasteiger partial charge is 0.138 e. The van der Waals surface area contributed by atoms with Crippen molar-refractivity contribution in [2.24, 2.45) is 5.73 Å². The van der Waals surface area contributed by atoms with Gasteiger partial charge in [-0.15, -0.1) is 0 Å². The Morgan fingerprint density at radius 2 is 1.71 bits per heavy atom. The van der Waals surface area contributed by atoms with Gasteiger partial charge in [-0.05, 0) is 25.0 Å². The fourth-order valence-corrected chi connectivity index (χ4v) is 3.46. The van der Waals surface area contributed by atoms with Gasteiger partial charge in [0.2, 0.25) is 0 Å². The van der Waals surface area contributed by atoms with Gasteiger partial charge in [0.1, 0.15) is 5.54 Å². The summed E-state index contributed by atoms with van der Waals surface area (Å²) in [5, 5.41) is 9.44. The number of nitrogens with zero attached hydrogens (tertiary/aromatic N) is 1. The quantitative estimate of drug-likeness (QED) is 0.910. The van der Waals surface area contributed by atoms with Crippen molar-refractivity contribution in [3.63, 3.8) is 0 Å². The summed E-state index contributed by atoms with van der Waals surface area (Å²) in [5.74, 6) is 1.45. The van der Waals surface area contributed by atoms with Gasteiger partial charge in [0.05, 0.1) is 6.07 Å². The summed E-state index contributed by atoms with van der Waals surface area (Å²) >= 11 is 1.70. The molecule has 3 heteroatoms. The molecule has 0 bridgehead atoms. The molecule has 21 heavy (non-hydrogen) atoms. The van der Waals surface area contributed by atoms with E-state index < -0.39 is 5.54 Å². The molecule has 2 N–H and O–H groups in total. The number of thioether (sulfide) groups is 1. The zero-order valence-corrected chi connectivity index (χ0v) is 13.3. The normalized spacial score (nSPS) is 13.4. The van der Waals surface area contributed by atoms with Gasteiger partial charge < -0.3 is 5.73 Å². The number of rotatable bonds is 5. The van der Waals surface area contributed by atoms with Crippen LogP contribution in [0.2, 0.25) is 0 Å². The van der Waals surface area contributed by atoms with Crippen molar-refractivity contribution in [3.8, 4) is 6.07 Å². The average Bonchev–Trinajstić information content (AvgIpc) is 2.47. The number of nitriles is 1. The van der Waals surface area contributed by atoms with Crippen LogP contribution in [0.15, 0.2) is 48.5 Å². The molecule has 2 aromatic rings. The molecule has 0 spiro atoms. The molecule has 2 aromatic carbocycles. The van der Waals surface area contributed by atoms with Crippen LogP contribution >= 0.6 is 11.8 Å². The van der Waals surface area contributed by atoms with Gasteiger partial charge in [0.25, 0.3) is 0 Å². The second-order valence-corrected chi connectivity index (χ2v) is 6.42. The average molecular weight is 296 g/mol. The maximum absolute atomic E-state index is 9.44. The molecule has 2 rings (SSSR count). The maximum Gasteiger partial charge on any atom is 0.138 e. The van der Waals surface area contributed by atoms with E-state index in [0.717, 1.165) is 11.3 Å². The van der Waals surface area contributed by atoms with Crippen LogP contribution in [0.1, 0.15) is 22.3 Å². The van der Waals surface area contributed by atoms with Crippen LogP contribution in [0.4, 0.5) is 0 Å². The molecule has 0 saturated heterocycles. The Kier molecular flexibility index (Phi) is 5.06. The van der Waals surface area contributed by atoms with Crippen molar-refractivity contribution in [2.45, 2.75) is 25.1 Å². The molecule has 0 fully saturated rings. The highest BCUT2D eigenvalue weighted by atomic mass is 32.2. The lowest BCUT2D eigenvalue weighted by atomic mass is 9.95. The second-order valence-electron chi connectivity index (χ2n) is 5.44. The summed E-state index contributed by atoms with van der Waals surface area (Å²) < 4.78 is 0. The van der Waals surface area contributed by atoms with Crippen LogP contribution < -0.4 is 5.73 Å². The lowest BCUT2D eigenvalue weighted by Crippen LogP contribution is -2.37. The van der Waals surface area contributed by atoms with Crippen LogP contribution in [0.25, 0.3) is 0 Å². The number of aryl methyl sites for hydroxylation is 2. The van der Waals surface area contributed by atoms with Crippen LogP contribution in [0, 0.1) is 25.2 Å². The van der Waals surface area contributed by atoms with E-state index in [9.17, 15) is 5.26 Å². The first-order chi connectivity index (χ1) is 10.0. The molecule has 0 aliphatic heterocycles. The van der Waals surface area contributed by atoms with Gasteiger partial charge in [-0.2, -0.15) is 17.0 Å². The number of benzene rings is 2. The van der Waals surface area contributed by atoms with Gasteiger partial charge in [-0.1, -0.05) is 59.7 Å². The molecule has 1 unspecified atom stereocenters. The Labute approximate surface area is 131 Å². The van der Waals surface area contributed by atoms with E-state index in [4.69, 9.17) is 5.73 Å². The predicted molar refractivity (Wildman–Crippen MR) is 90.0 cm³/mol. The summed E-state index contributed by atoms with van der Waals surface area (Å²) in [6.45, 7) is 4.21. The van der Waals surface area contributed by atoms with E-state index in [-0.39, 0.29) is 0 Å². The van der Waals surface area contributed by atoms with E-state index in [1.165, 1.54) is 16.7 Å². The minimum Gasteiger partial charge on any atom is -0.309 e. The lowest BCUT2D eigenvalue weighted by molar-refractivity contribution is 0.659. The first kappa shape index (κ1) is 15.6. The summed E-state index contributed by atoms with van der Waals surface area (Å²) in [5.41, 5.74) is 10.0. The fraction of sp³-hybridized carbons (Fsp3) is 0.278. The largest absolute Gasteiger partial charge is 0.309 e. The van der Waals surface area contributed by atoms with Crippen molar-refractivity contribution in [1.82, 2.24) is 0 Å². The topological polar surface area (TPSA) is 49.8 Å². The highest BCUT2D eigenvalue weighted by Crippen LogP contribution is 2.25. The van der Waals surface area contributed by atoms with Crippen molar-refractivity contribution < 1.29 is 0 Å². The standard InChI is InChI=1S/C18H20N2S/c1-14-8-15(2)10-16(9-14)11-21-13-18(20,12-19)17-6-4-3-5-7-17/h3-10H,11,13,20H2,1-2H3. The molecule has 0 heterocycles. The molecule has 1 atom stereocenters. The van der Waals surface area contributed by atoms with Crippen molar-refractivity contribution in [3.05, 3.63) is 70.8 Å². The minimum absolute atomic E-state index is 0.584. The highest BCUT2D eigenvalue weighted by molar-refractivity contribution is 7.98. The van der Waals surface area contributed by atoms with E-state index in [0.29, 0.717) is 5.75 Å². The monoisotopic (exact) mass is 296 g/mol. The van der Waals surface area contributed by atoms with Crippen molar-refractivity contribution in [2.75, 3.05) is 5.75 Å². The van der Waals surface area contributed by atoms with Crippen LogP contribution in [-0.2, 0) is 11.3 Å². The molecular weight excluding hydrogens is 276 g/mol. The SMILES string of the molecule is Cc1cc(C)cc(CSCC(N)(C#N)c2ccccc2)c1. The zero-order valence-electron chi connectivity index (χ0n) is 12.5. The number of hydrogen-bond donors (Lipinski definition) is 1. The third-order valence-corrected chi connectivity index (χ3v) is 4.57. The van der Waals surface area contributed by atoms with Crippen molar-refractivity contribution >= 4 is 11.8 Å². The Bertz CT molecular complexity index is 626. The molecule has 0 amide bonds. The molecule has 0 saturated carbocycles. The van der Waals surface area contributed by atoms with E-state index >= 15 is 0 Å². The third-order valence-electron chi connectivity index (χ3n) is 3.37. The van der Waals surface area contributed by atoms with Crippen LogP contribution in [-0.4, -0.2) is 5.75 Å². The van der Waals surface area contributed by atoms with Gasteiger partial charge in [-0.25, -0.2) is 0 Å². The summed E-state index contributed by atoms with van der Waals surface area (Å²) in [6.07, 6.45) is 0. The first-order valence-electron chi connectivity index (χ1n) is 6.94. The molecule has 0 aliphatic rings. The Morgan fingerprint density at radius 1 is 1.10 bits per heavy atom. The Morgan fingerprint density at radius 3 is 2.29 bits per heavy atom. The van der Waals surface area contributed by atoms with E-state index in [1.54, 1.807) is 11.8 Å². The molecule has 2 nitrogen and oxygen atoms in total. The molecule has 108 valence electrons. The maximum atomic E-state index is 9.44. The number of nitrogens with two attached hydrogens (primary N) is 1. The van der Waals surface area contributed by atoms with Crippen LogP contribution in [0.3, 0.4) is 0 Å². The van der Waals surface area contributed by atoms with Crippen LogP contribution in [0.5, 0.6) is 0 Å². The van der Waals surface area contributed by atoms with Gasteiger partial charge in [0, 0.05) is 11.5 Å². The van der Waals surface area contributed by atoms with E-state index in [2.05, 4.69) is 38.1 Å². The highest BCUT2D eigenvalue weighted by Gasteiger charge is 2.26. The summed E-state index contributed by atoms with van der Waals surface area (Å²) in [4.78, 5) is 0. The first-order valence-corrected chi connectivity index (χ1v) is 8.09. The predicted octanol–water partition coefficient (Wildman–Crippen LogP) is 3.91. The van der Waals surface area contributed by atoms with Gasteiger partial charge in [0.15, 0.2) is 0 Å². The van der Waals surface area contributed by atoms with Gasteiger partial charge in [-0.3, -0.25) is 0 Å². The lowest BCUT2D eigenvalue weighted by Gasteiger charge is -2.21. The summed E-state index contributed by atoms with van der Waals surface area (Å²) in [6, 6.07) is 18.4. The second kappa shape index (κ2) is 6.80. The Balaban J connectivity index is 2.03. The molecular formula is C18H20N2S. The Hall–Kier alpha value is -1.76. The number of hydrogen-bond acceptors (Lipinski definition) is 3. The molecule has 0 radical (unpaired) electrons. The zero-order chi connectivity index (χ0) is 15.3. The third kappa shape index (κ3) is 4.10. The van der Waals surface area contributed by atoms with Crippen molar-refractivity contribution in [1.29, 1.82) is 5.26 Å².